The van der Waals surface area contributed by atoms with Crippen LogP contribution in [0.2, 0.25) is 5.02 Å². The van der Waals surface area contributed by atoms with Crippen molar-refractivity contribution in [2.45, 2.75) is 57.3 Å². The highest BCUT2D eigenvalue weighted by atomic mass is 35.5. The topological polar surface area (TPSA) is 61.9 Å². The zero-order valence-electron chi connectivity index (χ0n) is 20.1. The molecule has 6 nitrogen and oxygen atoms in total. The normalized spacial score (nSPS) is 24.7. The lowest BCUT2D eigenvalue weighted by Crippen LogP contribution is -2.49. The van der Waals surface area contributed by atoms with Gasteiger partial charge in [0.2, 0.25) is 5.91 Å². The highest BCUT2D eigenvalue weighted by Crippen LogP contribution is 2.40. The van der Waals surface area contributed by atoms with Crippen LogP contribution in [0, 0.1) is 5.92 Å². The maximum Gasteiger partial charge on any atom is 0.254 e. The molecule has 2 heterocycles. The number of carbonyl (C=O) groups excluding carboxylic acids is 2. The van der Waals surface area contributed by atoms with E-state index in [4.69, 9.17) is 16.3 Å². The predicted molar refractivity (Wildman–Crippen MR) is 136 cm³/mol. The Morgan fingerprint density at radius 1 is 1.00 bits per heavy atom. The molecule has 2 amide bonds. The SMILES string of the molecule is O=C(NCc1cccc(CN2CCOCC2)c1)[C@@H]1C[C@@H]2CCCC[C@@H]2N1C(=O)c1cccc(Cl)c1. The predicted octanol–water partition coefficient (Wildman–Crippen LogP) is 4.26. The number of amides is 2. The molecule has 2 aliphatic heterocycles. The van der Waals surface area contributed by atoms with Gasteiger partial charge in [-0.15, -0.1) is 0 Å². The minimum atomic E-state index is -0.439. The second-order valence-corrected chi connectivity index (χ2v) is 10.4. The van der Waals surface area contributed by atoms with Crippen LogP contribution >= 0.6 is 11.6 Å². The van der Waals surface area contributed by atoms with Crippen molar-refractivity contribution in [2.24, 2.45) is 5.92 Å². The maximum atomic E-state index is 13.6. The molecule has 3 atom stereocenters. The van der Waals surface area contributed by atoms with Crippen molar-refractivity contribution in [2.75, 3.05) is 26.3 Å². The number of benzene rings is 2. The monoisotopic (exact) mass is 495 g/mol. The fourth-order valence-corrected chi connectivity index (χ4v) is 6.11. The van der Waals surface area contributed by atoms with E-state index in [1.54, 1.807) is 24.3 Å². The largest absolute Gasteiger partial charge is 0.379 e. The van der Waals surface area contributed by atoms with E-state index < -0.39 is 6.04 Å². The van der Waals surface area contributed by atoms with E-state index in [1.165, 1.54) is 12.0 Å². The quantitative estimate of drug-likeness (QED) is 0.650. The highest BCUT2D eigenvalue weighted by Gasteiger charge is 2.47. The number of halogens is 1. The molecule has 3 aliphatic rings. The molecule has 0 aromatic heterocycles. The minimum absolute atomic E-state index is 0.0617. The fourth-order valence-electron chi connectivity index (χ4n) is 5.92. The molecule has 0 bridgehead atoms. The molecule has 3 fully saturated rings. The van der Waals surface area contributed by atoms with E-state index in [-0.39, 0.29) is 17.9 Å². The molecule has 1 saturated carbocycles. The Balaban J connectivity index is 1.27. The van der Waals surface area contributed by atoms with E-state index >= 15 is 0 Å². The van der Waals surface area contributed by atoms with E-state index in [0.717, 1.165) is 64.1 Å². The Morgan fingerprint density at radius 2 is 1.77 bits per heavy atom. The summed E-state index contributed by atoms with van der Waals surface area (Å²) >= 11 is 6.16. The average molecular weight is 496 g/mol. The summed E-state index contributed by atoms with van der Waals surface area (Å²) in [6, 6.07) is 15.1. The van der Waals surface area contributed by atoms with Gasteiger partial charge in [-0.05, 0) is 54.5 Å². The molecular weight excluding hydrogens is 462 g/mol. The molecule has 5 rings (SSSR count). The van der Waals surface area contributed by atoms with Crippen LogP contribution in [0.4, 0.5) is 0 Å². The number of morpholine rings is 1. The molecule has 0 radical (unpaired) electrons. The summed E-state index contributed by atoms with van der Waals surface area (Å²) in [7, 11) is 0. The number of ether oxygens (including phenoxy) is 1. The second kappa shape index (κ2) is 11.1. The first kappa shape index (κ1) is 24.3. The Kier molecular flexibility index (Phi) is 7.71. The van der Waals surface area contributed by atoms with Gasteiger partial charge in [0.05, 0.1) is 13.2 Å². The van der Waals surface area contributed by atoms with Gasteiger partial charge in [0.25, 0.3) is 5.91 Å². The number of carbonyl (C=O) groups is 2. The molecule has 2 aromatic rings. The summed E-state index contributed by atoms with van der Waals surface area (Å²) in [6.45, 7) is 4.80. The number of likely N-dealkylation sites (tertiary alicyclic amines) is 1. The molecule has 0 spiro atoms. The third kappa shape index (κ3) is 5.71. The van der Waals surface area contributed by atoms with Gasteiger partial charge in [0.1, 0.15) is 6.04 Å². The van der Waals surface area contributed by atoms with Gasteiger partial charge in [0, 0.05) is 42.8 Å². The Labute approximate surface area is 212 Å². The molecule has 1 aliphatic carbocycles. The van der Waals surface area contributed by atoms with Crippen LogP contribution in [0.5, 0.6) is 0 Å². The van der Waals surface area contributed by atoms with Crippen molar-refractivity contribution in [3.8, 4) is 0 Å². The van der Waals surface area contributed by atoms with E-state index in [1.807, 2.05) is 11.0 Å². The summed E-state index contributed by atoms with van der Waals surface area (Å²) in [6.07, 6.45) is 5.05. The lowest BCUT2D eigenvalue weighted by atomic mass is 9.84. The minimum Gasteiger partial charge on any atom is -0.379 e. The Morgan fingerprint density at radius 3 is 2.60 bits per heavy atom. The van der Waals surface area contributed by atoms with Crippen molar-refractivity contribution in [1.29, 1.82) is 0 Å². The number of hydrogen-bond donors (Lipinski definition) is 1. The summed E-state index contributed by atoms with van der Waals surface area (Å²) in [5.74, 6) is 0.238. The first-order valence-electron chi connectivity index (χ1n) is 12.8. The number of hydrogen-bond acceptors (Lipinski definition) is 4. The summed E-state index contributed by atoms with van der Waals surface area (Å²) in [4.78, 5) is 31.2. The number of rotatable bonds is 6. The number of nitrogens with one attached hydrogen (secondary N) is 1. The van der Waals surface area contributed by atoms with E-state index in [0.29, 0.717) is 23.0 Å². The van der Waals surface area contributed by atoms with Gasteiger partial charge in [-0.25, -0.2) is 0 Å². The van der Waals surface area contributed by atoms with Gasteiger partial charge >= 0.3 is 0 Å². The van der Waals surface area contributed by atoms with Crippen LogP contribution in [0.25, 0.3) is 0 Å². The average Bonchev–Trinajstić information content (AvgIpc) is 3.27. The van der Waals surface area contributed by atoms with Crippen LogP contribution < -0.4 is 5.32 Å². The van der Waals surface area contributed by atoms with Crippen LogP contribution in [0.3, 0.4) is 0 Å². The van der Waals surface area contributed by atoms with Crippen LogP contribution in [0.15, 0.2) is 48.5 Å². The van der Waals surface area contributed by atoms with Crippen molar-refractivity contribution in [1.82, 2.24) is 15.1 Å². The Hall–Kier alpha value is -2.41. The van der Waals surface area contributed by atoms with Crippen LogP contribution in [-0.4, -0.2) is 60.0 Å². The molecule has 1 N–H and O–H groups in total. The second-order valence-electron chi connectivity index (χ2n) is 10.0. The van der Waals surface area contributed by atoms with E-state index in [9.17, 15) is 9.59 Å². The lowest BCUT2D eigenvalue weighted by molar-refractivity contribution is -0.125. The first-order valence-corrected chi connectivity index (χ1v) is 13.2. The van der Waals surface area contributed by atoms with Crippen molar-refractivity contribution in [3.05, 3.63) is 70.2 Å². The fraction of sp³-hybridized carbons (Fsp3) is 0.500. The zero-order valence-corrected chi connectivity index (χ0v) is 20.9. The third-order valence-electron chi connectivity index (χ3n) is 7.66. The van der Waals surface area contributed by atoms with Crippen LogP contribution in [0.1, 0.15) is 53.6 Å². The highest BCUT2D eigenvalue weighted by molar-refractivity contribution is 6.31. The Bertz CT molecular complexity index is 1060. The third-order valence-corrected chi connectivity index (χ3v) is 7.90. The molecular formula is C28H34ClN3O3. The summed E-state index contributed by atoms with van der Waals surface area (Å²) < 4.78 is 5.45. The zero-order chi connectivity index (χ0) is 24.2. The maximum absolute atomic E-state index is 13.6. The number of nitrogens with zero attached hydrogens (tertiary/aromatic N) is 2. The lowest BCUT2D eigenvalue weighted by Gasteiger charge is -2.33. The van der Waals surface area contributed by atoms with Crippen molar-refractivity contribution >= 4 is 23.4 Å². The van der Waals surface area contributed by atoms with Gasteiger partial charge in [-0.2, -0.15) is 0 Å². The van der Waals surface area contributed by atoms with Crippen LogP contribution in [-0.2, 0) is 22.6 Å². The van der Waals surface area contributed by atoms with Gasteiger partial charge in [0.15, 0.2) is 0 Å². The first-order chi connectivity index (χ1) is 17.1. The van der Waals surface area contributed by atoms with Crippen molar-refractivity contribution in [3.63, 3.8) is 0 Å². The summed E-state index contributed by atoms with van der Waals surface area (Å²) in [5.41, 5.74) is 2.87. The smallest absolute Gasteiger partial charge is 0.254 e. The van der Waals surface area contributed by atoms with Gasteiger partial charge < -0.3 is 15.0 Å². The molecule has 35 heavy (non-hydrogen) atoms. The molecule has 7 heteroatoms. The van der Waals surface area contributed by atoms with E-state index in [2.05, 4.69) is 28.4 Å². The standard InChI is InChI=1S/C28H34ClN3O3/c29-24-9-4-8-23(16-24)28(34)32-25-10-2-1-7-22(25)17-26(32)27(33)30-18-20-5-3-6-21(15-20)19-31-11-13-35-14-12-31/h3-6,8-9,15-16,22,25-26H,1-2,7,10-14,17-19H2,(H,30,33)/t22-,25-,26-/m0/s1. The molecule has 186 valence electrons. The van der Waals surface area contributed by atoms with Crippen molar-refractivity contribution < 1.29 is 14.3 Å². The summed E-state index contributed by atoms with van der Waals surface area (Å²) in [5, 5.41) is 3.67. The van der Waals surface area contributed by atoms with Gasteiger partial charge in [-0.3, -0.25) is 14.5 Å². The number of fused-ring (bicyclic) bond motifs is 1. The molecule has 0 unspecified atom stereocenters. The molecule has 2 aromatic carbocycles. The van der Waals surface area contributed by atoms with Gasteiger partial charge in [-0.1, -0.05) is 54.8 Å². The molecule has 2 saturated heterocycles.